The number of thioether (sulfide) groups is 1. The average molecular weight is 340 g/mol. The van der Waals surface area contributed by atoms with Gasteiger partial charge in [-0.1, -0.05) is 0 Å². The Morgan fingerprint density at radius 3 is 2.48 bits per heavy atom. The fraction of sp³-hybridized carbons (Fsp3) is 0.700. The Kier molecular flexibility index (Phi) is 5.84. The van der Waals surface area contributed by atoms with E-state index in [1.54, 1.807) is 0 Å². The number of urea groups is 1. The van der Waals surface area contributed by atoms with Crippen LogP contribution >= 0.6 is 11.8 Å². The zero-order valence-corrected chi connectivity index (χ0v) is 12.8. The van der Waals surface area contributed by atoms with E-state index in [9.17, 15) is 22.8 Å². The molecule has 1 aliphatic rings. The molecule has 0 aromatic carbocycles. The highest BCUT2D eigenvalue weighted by atomic mass is 32.2. The Morgan fingerprint density at radius 1 is 1.38 bits per heavy atom. The van der Waals surface area contributed by atoms with Gasteiger partial charge < -0.3 is 20.4 Å². The van der Waals surface area contributed by atoms with E-state index in [1.807, 2.05) is 0 Å². The van der Waals surface area contributed by atoms with E-state index in [1.165, 1.54) is 11.8 Å². The molecule has 1 unspecified atom stereocenters. The van der Waals surface area contributed by atoms with Crippen molar-refractivity contribution < 1.29 is 33.0 Å². The second-order valence-corrected chi connectivity index (χ2v) is 7.84. The van der Waals surface area contributed by atoms with Crippen molar-refractivity contribution in [3.63, 3.8) is 0 Å². The SMILES string of the molecule is CS(=O)(=O)C1CSCCN1C(=O)N[C@@H](CC(=O)O)C(=O)O. The summed E-state index contributed by atoms with van der Waals surface area (Å²) < 4.78 is 23.3. The van der Waals surface area contributed by atoms with Gasteiger partial charge >= 0.3 is 18.0 Å². The summed E-state index contributed by atoms with van der Waals surface area (Å²) in [4.78, 5) is 34.5. The molecule has 2 atom stereocenters. The lowest BCUT2D eigenvalue weighted by atomic mass is 10.2. The number of amides is 2. The Bertz CT molecular complexity index is 534. The van der Waals surface area contributed by atoms with Gasteiger partial charge in [0, 0.05) is 24.3 Å². The molecule has 1 aliphatic heterocycles. The number of sulfone groups is 1. The standard InChI is InChI=1S/C10H16N2O7S2/c1-21(18,19)7-5-20-3-2-12(7)10(17)11-6(9(15)16)4-8(13)14/h6-7H,2-5H2,1H3,(H,11,17)(H,13,14)(H,15,16)/t6-,7?/m0/s1. The van der Waals surface area contributed by atoms with Gasteiger partial charge in [-0.2, -0.15) is 11.8 Å². The summed E-state index contributed by atoms with van der Waals surface area (Å²) in [7, 11) is -3.52. The Hall–Kier alpha value is -1.49. The van der Waals surface area contributed by atoms with Crippen molar-refractivity contribution in [2.75, 3.05) is 24.3 Å². The maximum atomic E-state index is 12.0. The third-order valence-corrected chi connectivity index (χ3v) is 5.46. The summed E-state index contributed by atoms with van der Waals surface area (Å²) in [6.45, 7) is 0.146. The molecule has 2 amide bonds. The van der Waals surface area contributed by atoms with Crippen molar-refractivity contribution in [1.29, 1.82) is 0 Å². The number of hydrogen-bond donors (Lipinski definition) is 3. The summed E-state index contributed by atoms with van der Waals surface area (Å²) in [6.07, 6.45) is 0.211. The normalized spacial score (nSPS) is 20.6. The minimum absolute atomic E-state index is 0.146. The van der Waals surface area contributed by atoms with Crippen LogP contribution in [0.25, 0.3) is 0 Å². The number of aliphatic carboxylic acids is 2. The van der Waals surface area contributed by atoms with Crippen LogP contribution in [0.4, 0.5) is 4.79 Å². The molecule has 1 heterocycles. The van der Waals surface area contributed by atoms with Gasteiger partial charge in [-0.15, -0.1) is 0 Å². The van der Waals surface area contributed by atoms with Gasteiger partial charge in [0.1, 0.15) is 11.4 Å². The predicted octanol–water partition coefficient (Wildman–Crippen LogP) is -0.957. The molecule has 0 aliphatic carbocycles. The van der Waals surface area contributed by atoms with E-state index in [2.05, 4.69) is 5.32 Å². The number of carbonyl (C=O) groups is 3. The molecule has 0 saturated carbocycles. The third kappa shape index (κ3) is 5.08. The van der Waals surface area contributed by atoms with Crippen LogP contribution in [0.3, 0.4) is 0 Å². The Labute approximate surface area is 125 Å². The number of carbonyl (C=O) groups excluding carboxylic acids is 1. The van der Waals surface area contributed by atoms with Crippen LogP contribution < -0.4 is 5.32 Å². The summed E-state index contributed by atoms with van der Waals surface area (Å²) in [5.74, 6) is -2.15. The largest absolute Gasteiger partial charge is 0.481 e. The number of carboxylic acids is 2. The molecule has 11 heteroatoms. The first-order chi connectivity index (χ1) is 9.62. The number of hydrogen-bond acceptors (Lipinski definition) is 6. The van der Waals surface area contributed by atoms with Gasteiger partial charge in [0.05, 0.1) is 6.42 Å². The van der Waals surface area contributed by atoms with E-state index in [0.29, 0.717) is 5.75 Å². The lowest BCUT2D eigenvalue weighted by Gasteiger charge is -2.34. The molecular formula is C10H16N2O7S2. The molecule has 0 spiro atoms. The summed E-state index contributed by atoms with van der Waals surface area (Å²) in [6, 6.07) is -2.50. The fourth-order valence-corrected chi connectivity index (χ4v) is 4.59. The summed E-state index contributed by atoms with van der Waals surface area (Å²) in [5, 5.41) is 18.5. The lowest BCUT2D eigenvalue weighted by molar-refractivity contribution is -0.145. The van der Waals surface area contributed by atoms with Crippen LogP contribution in [0.15, 0.2) is 0 Å². The van der Waals surface area contributed by atoms with E-state index in [-0.39, 0.29) is 12.3 Å². The number of nitrogens with one attached hydrogen (secondary N) is 1. The summed E-state index contributed by atoms with van der Waals surface area (Å²) >= 11 is 1.38. The molecule has 3 N–H and O–H groups in total. The van der Waals surface area contributed by atoms with Gasteiger partial charge in [-0.05, 0) is 0 Å². The number of rotatable bonds is 5. The van der Waals surface area contributed by atoms with E-state index in [0.717, 1.165) is 11.2 Å². The van der Waals surface area contributed by atoms with Crippen molar-refractivity contribution in [1.82, 2.24) is 10.2 Å². The van der Waals surface area contributed by atoms with Crippen LogP contribution in [0.2, 0.25) is 0 Å². The maximum absolute atomic E-state index is 12.0. The smallest absolute Gasteiger partial charge is 0.326 e. The molecule has 21 heavy (non-hydrogen) atoms. The fourth-order valence-electron chi connectivity index (χ4n) is 1.77. The van der Waals surface area contributed by atoms with Crippen molar-refractivity contribution in [3.8, 4) is 0 Å². The molecule has 0 radical (unpaired) electrons. The average Bonchev–Trinajstić information content (AvgIpc) is 2.36. The van der Waals surface area contributed by atoms with Gasteiger partial charge in [-0.3, -0.25) is 4.79 Å². The van der Waals surface area contributed by atoms with Gasteiger partial charge in [-0.25, -0.2) is 18.0 Å². The van der Waals surface area contributed by atoms with Crippen LogP contribution in [-0.2, 0) is 19.4 Å². The zero-order chi connectivity index (χ0) is 16.2. The highest BCUT2D eigenvalue weighted by Crippen LogP contribution is 2.20. The molecular weight excluding hydrogens is 324 g/mol. The molecule has 1 saturated heterocycles. The van der Waals surface area contributed by atoms with Crippen molar-refractivity contribution in [3.05, 3.63) is 0 Å². The topological polar surface area (TPSA) is 141 Å². The molecule has 120 valence electrons. The molecule has 0 bridgehead atoms. The molecule has 1 fully saturated rings. The van der Waals surface area contributed by atoms with Crippen LogP contribution in [-0.4, -0.2) is 77.2 Å². The first kappa shape index (κ1) is 17.6. The van der Waals surface area contributed by atoms with Crippen LogP contribution in [0.1, 0.15) is 6.42 Å². The van der Waals surface area contributed by atoms with Crippen molar-refractivity contribution in [2.45, 2.75) is 17.8 Å². The van der Waals surface area contributed by atoms with E-state index in [4.69, 9.17) is 10.2 Å². The van der Waals surface area contributed by atoms with Crippen molar-refractivity contribution >= 4 is 39.6 Å². The van der Waals surface area contributed by atoms with Crippen LogP contribution in [0.5, 0.6) is 0 Å². The summed E-state index contributed by atoms with van der Waals surface area (Å²) in [5.41, 5.74) is 0. The van der Waals surface area contributed by atoms with Crippen LogP contribution in [0, 0.1) is 0 Å². The van der Waals surface area contributed by atoms with Gasteiger partial charge in [0.15, 0.2) is 9.84 Å². The first-order valence-electron chi connectivity index (χ1n) is 5.91. The first-order valence-corrected chi connectivity index (χ1v) is 9.02. The highest BCUT2D eigenvalue weighted by Gasteiger charge is 2.36. The third-order valence-electron chi connectivity index (χ3n) is 2.81. The Morgan fingerprint density at radius 2 is 2.00 bits per heavy atom. The molecule has 0 aromatic rings. The minimum Gasteiger partial charge on any atom is -0.481 e. The molecule has 1 rings (SSSR count). The quantitative estimate of drug-likeness (QED) is 0.581. The lowest BCUT2D eigenvalue weighted by Crippen LogP contribution is -2.56. The van der Waals surface area contributed by atoms with Gasteiger partial charge in [0.25, 0.3) is 0 Å². The number of carboxylic acid groups (broad SMARTS) is 2. The Balaban J connectivity index is 2.84. The van der Waals surface area contributed by atoms with Crippen molar-refractivity contribution in [2.24, 2.45) is 0 Å². The molecule has 9 nitrogen and oxygen atoms in total. The monoisotopic (exact) mass is 340 g/mol. The van der Waals surface area contributed by atoms with E-state index >= 15 is 0 Å². The second-order valence-electron chi connectivity index (χ2n) is 4.49. The molecule has 0 aromatic heterocycles. The highest BCUT2D eigenvalue weighted by molar-refractivity contribution is 8.00. The van der Waals surface area contributed by atoms with Gasteiger partial charge in [0.2, 0.25) is 0 Å². The second kappa shape index (κ2) is 6.98. The maximum Gasteiger partial charge on any atom is 0.326 e. The zero-order valence-electron chi connectivity index (χ0n) is 11.2. The number of nitrogens with zero attached hydrogens (tertiary/aromatic N) is 1. The minimum atomic E-state index is -3.52. The predicted molar refractivity (Wildman–Crippen MR) is 74.9 cm³/mol. The van der Waals surface area contributed by atoms with E-state index < -0.39 is 45.6 Å².